The molecule has 1 heteroatoms. The molecule has 0 saturated heterocycles. The molecule has 0 aliphatic rings. The van der Waals surface area contributed by atoms with Gasteiger partial charge in [-0.2, -0.15) is 5.26 Å². The van der Waals surface area contributed by atoms with Crippen molar-refractivity contribution in [2.45, 2.75) is 40.0 Å². The first kappa shape index (κ1) is 14.3. The van der Waals surface area contributed by atoms with Gasteiger partial charge in [0.05, 0.1) is 11.5 Å². The van der Waals surface area contributed by atoms with E-state index < -0.39 is 5.41 Å². The van der Waals surface area contributed by atoms with Crippen LogP contribution in [0.15, 0.2) is 36.4 Å². The lowest BCUT2D eigenvalue weighted by Gasteiger charge is -2.18. The lowest BCUT2D eigenvalue weighted by atomic mass is 9.84. The van der Waals surface area contributed by atoms with Crippen LogP contribution in [0.4, 0.5) is 0 Å². The summed E-state index contributed by atoms with van der Waals surface area (Å²) < 4.78 is 0. The van der Waals surface area contributed by atoms with Crippen molar-refractivity contribution in [2.24, 2.45) is 0 Å². The second kappa shape index (κ2) is 5.13. The van der Waals surface area contributed by atoms with E-state index in [0.717, 1.165) is 5.56 Å². The summed E-state index contributed by atoms with van der Waals surface area (Å²) in [6.07, 6.45) is 0. The molecule has 0 atom stereocenters. The predicted octanol–water partition coefficient (Wildman–Crippen LogP) is 5.08. The van der Waals surface area contributed by atoms with E-state index in [4.69, 9.17) is 0 Å². The van der Waals surface area contributed by atoms with Crippen LogP contribution >= 0.6 is 0 Å². The summed E-state index contributed by atoms with van der Waals surface area (Å²) in [6.45, 7) is 10.3. The number of nitriles is 1. The Morgan fingerprint density at radius 2 is 1.55 bits per heavy atom. The van der Waals surface area contributed by atoms with Gasteiger partial charge in [-0.1, -0.05) is 36.4 Å². The maximum Gasteiger partial charge on any atom is 0.0766 e. The normalized spacial score (nSPS) is 11.2. The average Bonchev–Trinajstić information content (AvgIpc) is 2.42. The fourth-order valence-corrected chi connectivity index (χ4v) is 2.35. The van der Waals surface area contributed by atoms with Crippen LogP contribution < -0.4 is 0 Å². The van der Waals surface area contributed by atoms with Crippen LogP contribution in [-0.4, -0.2) is 0 Å². The Hall–Kier alpha value is -2.07. The topological polar surface area (TPSA) is 23.8 Å². The Morgan fingerprint density at radius 3 is 2.10 bits per heavy atom. The van der Waals surface area contributed by atoms with Gasteiger partial charge in [0.2, 0.25) is 0 Å². The highest BCUT2D eigenvalue weighted by molar-refractivity contribution is 5.69. The van der Waals surface area contributed by atoms with Crippen LogP contribution in [0.2, 0.25) is 0 Å². The number of nitrogens with zero attached hydrogens (tertiary/aromatic N) is 1. The van der Waals surface area contributed by atoms with Gasteiger partial charge < -0.3 is 0 Å². The van der Waals surface area contributed by atoms with Crippen molar-refractivity contribution in [1.82, 2.24) is 0 Å². The summed E-state index contributed by atoms with van der Waals surface area (Å²) in [4.78, 5) is 0. The quantitative estimate of drug-likeness (QED) is 0.741. The molecule has 0 aliphatic carbocycles. The second-order valence-corrected chi connectivity index (χ2v) is 6.07. The van der Waals surface area contributed by atoms with Crippen LogP contribution in [-0.2, 0) is 5.41 Å². The molecule has 0 radical (unpaired) electrons. The number of benzene rings is 2. The van der Waals surface area contributed by atoms with E-state index >= 15 is 0 Å². The minimum absolute atomic E-state index is 0.438. The first-order chi connectivity index (χ1) is 9.35. The monoisotopic (exact) mass is 263 g/mol. The van der Waals surface area contributed by atoms with Gasteiger partial charge in [-0.25, -0.2) is 0 Å². The lowest BCUT2D eigenvalue weighted by Crippen LogP contribution is -2.13. The lowest BCUT2D eigenvalue weighted by molar-refractivity contribution is 0.686. The third-order valence-electron chi connectivity index (χ3n) is 4.05. The van der Waals surface area contributed by atoms with Gasteiger partial charge in [0, 0.05) is 0 Å². The zero-order valence-corrected chi connectivity index (χ0v) is 12.9. The molecule has 0 saturated carbocycles. The maximum absolute atomic E-state index is 9.24. The highest BCUT2D eigenvalue weighted by atomic mass is 14.3. The average molecular weight is 263 g/mol. The smallest absolute Gasteiger partial charge is 0.0766 e. The summed E-state index contributed by atoms with van der Waals surface area (Å²) in [5, 5.41) is 9.24. The molecule has 0 aromatic heterocycles. The predicted molar refractivity (Wildman–Crippen MR) is 84.7 cm³/mol. The minimum atomic E-state index is -0.438. The Bertz CT molecular complexity index is 687. The standard InChI is InChI=1S/C19H21N/c1-13-6-7-16(10-14(13)2)18-9-8-17(11-15(18)3)19(4,5)12-20/h6-11H,1-5H3. The van der Waals surface area contributed by atoms with Crippen molar-refractivity contribution in [1.29, 1.82) is 5.26 Å². The minimum Gasteiger partial charge on any atom is -0.197 e. The molecule has 0 N–H and O–H groups in total. The summed E-state index contributed by atoms with van der Waals surface area (Å²) >= 11 is 0. The van der Waals surface area contributed by atoms with Gasteiger partial charge in [-0.15, -0.1) is 0 Å². The molecule has 0 amide bonds. The van der Waals surface area contributed by atoms with E-state index in [-0.39, 0.29) is 0 Å². The van der Waals surface area contributed by atoms with E-state index in [1.807, 2.05) is 13.8 Å². The molecule has 2 aromatic rings. The number of rotatable bonds is 2. The molecule has 2 rings (SSSR count). The van der Waals surface area contributed by atoms with Gasteiger partial charge in [0.25, 0.3) is 0 Å². The van der Waals surface area contributed by atoms with Gasteiger partial charge in [-0.05, 0) is 68.0 Å². The molecule has 1 nitrogen and oxygen atoms in total. The second-order valence-electron chi connectivity index (χ2n) is 6.07. The Kier molecular flexibility index (Phi) is 3.68. The van der Waals surface area contributed by atoms with Gasteiger partial charge in [0.15, 0.2) is 0 Å². The number of hydrogen-bond acceptors (Lipinski definition) is 1. The third kappa shape index (κ3) is 2.60. The molecule has 0 aliphatic heterocycles. The zero-order chi connectivity index (χ0) is 14.9. The van der Waals surface area contributed by atoms with Gasteiger partial charge in [-0.3, -0.25) is 0 Å². The van der Waals surface area contributed by atoms with Crippen molar-refractivity contribution in [3.05, 3.63) is 58.7 Å². The third-order valence-corrected chi connectivity index (χ3v) is 4.05. The van der Waals surface area contributed by atoms with Crippen LogP contribution in [0, 0.1) is 32.1 Å². The fourth-order valence-electron chi connectivity index (χ4n) is 2.35. The maximum atomic E-state index is 9.24. The van der Waals surface area contributed by atoms with E-state index in [0.29, 0.717) is 0 Å². The van der Waals surface area contributed by atoms with E-state index in [1.54, 1.807) is 0 Å². The summed E-state index contributed by atoms with van der Waals surface area (Å²) in [5.41, 5.74) is 6.96. The fraction of sp³-hybridized carbons (Fsp3) is 0.316. The number of hydrogen-bond donors (Lipinski definition) is 0. The Balaban J connectivity index is 2.50. The summed E-state index contributed by atoms with van der Waals surface area (Å²) in [5.74, 6) is 0. The first-order valence-corrected chi connectivity index (χ1v) is 6.95. The van der Waals surface area contributed by atoms with Crippen molar-refractivity contribution < 1.29 is 0 Å². The van der Waals surface area contributed by atoms with Gasteiger partial charge in [0.1, 0.15) is 0 Å². The molecule has 0 fully saturated rings. The molecular weight excluding hydrogens is 242 g/mol. The van der Waals surface area contributed by atoms with Crippen LogP contribution in [0.5, 0.6) is 0 Å². The van der Waals surface area contributed by atoms with Gasteiger partial charge >= 0.3 is 0 Å². The van der Waals surface area contributed by atoms with Crippen LogP contribution in [0.25, 0.3) is 11.1 Å². The van der Waals surface area contributed by atoms with Crippen molar-refractivity contribution in [3.63, 3.8) is 0 Å². The molecule has 102 valence electrons. The summed E-state index contributed by atoms with van der Waals surface area (Å²) in [6, 6.07) is 15.3. The van der Waals surface area contributed by atoms with Crippen LogP contribution in [0.1, 0.15) is 36.1 Å². The Labute approximate surface area is 121 Å². The molecule has 0 spiro atoms. The number of aryl methyl sites for hydroxylation is 3. The molecule has 2 aromatic carbocycles. The first-order valence-electron chi connectivity index (χ1n) is 6.95. The van der Waals surface area contributed by atoms with E-state index in [2.05, 4.69) is 63.2 Å². The van der Waals surface area contributed by atoms with Crippen LogP contribution in [0.3, 0.4) is 0 Å². The van der Waals surface area contributed by atoms with Crippen molar-refractivity contribution >= 4 is 0 Å². The molecule has 0 bridgehead atoms. The van der Waals surface area contributed by atoms with E-state index in [9.17, 15) is 5.26 Å². The van der Waals surface area contributed by atoms with Crippen molar-refractivity contribution in [3.8, 4) is 17.2 Å². The zero-order valence-electron chi connectivity index (χ0n) is 12.9. The van der Waals surface area contributed by atoms with E-state index in [1.165, 1.54) is 27.8 Å². The van der Waals surface area contributed by atoms with Crippen molar-refractivity contribution in [2.75, 3.05) is 0 Å². The highest BCUT2D eigenvalue weighted by Gasteiger charge is 2.20. The Morgan fingerprint density at radius 1 is 0.850 bits per heavy atom. The SMILES string of the molecule is Cc1ccc(-c2ccc(C(C)(C)C#N)cc2C)cc1C. The summed E-state index contributed by atoms with van der Waals surface area (Å²) in [7, 11) is 0. The largest absolute Gasteiger partial charge is 0.197 e. The molecular formula is C19H21N. The molecule has 20 heavy (non-hydrogen) atoms. The highest BCUT2D eigenvalue weighted by Crippen LogP contribution is 2.30. The molecule has 0 unspecified atom stereocenters. The molecule has 0 heterocycles.